The molecule has 1 unspecified atom stereocenters. The van der Waals surface area contributed by atoms with Gasteiger partial charge in [0, 0.05) is 12.6 Å². The summed E-state index contributed by atoms with van der Waals surface area (Å²) in [6.45, 7) is 2.36. The molecule has 2 heterocycles. The topological polar surface area (TPSA) is 24.1 Å². The maximum Gasteiger partial charge on any atom is 0.0297 e. The van der Waals surface area contributed by atoms with E-state index in [9.17, 15) is 0 Å². The van der Waals surface area contributed by atoms with E-state index in [4.69, 9.17) is 0 Å². The third-order valence-corrected chi connectivity index (χ3v) is 2.35. The van der Waals surface area contributed by atoms with Crippen molar-refractivity contribution in [2.45, 2.75) is 25.3 Å². The van der Waals surface area contributed by atoms with Crippen molar-refractivity contribution >= 4 is 0 Å². The zero-order valence-electron chi connectivity index (χ0n) is 6.19. The van der Waals surface area contributed by atoms with Crippen molar-refractivity contribution in [3.8, 4) is 0 Å². The van der Waals surface area contributed by atoms with Gasteiger partial charge in [-0.3, -0.25) is 0 Å². The Morgan fingerprint density at radius 1 is 1.40 bits per heavy atom. The third kappa shape index (κ3) is 1.03. The fourth-order valence-corrected chi connectivity index (χ4v) is 1.77. The molecule has 0 aromatic carbocycles. The highest BCUT2D eigenvalue weighted by molar-refractivity contribution is 5.15. The zero-order chi connectivity index (χ0) is 6.81. The van der Waals surface area contributed by atoms with Crippen LogP contribution in [0.15, 0.2) is 11.8 Å². The maximum atomic E-state index is 3.49. The second-order valence-electron chi connectivity index (χ2n) is 3.07. The van der Waals surface area contributed by atoms with Crippen molar-refractivity contribution in [1.29, 1.82) is 0 Å². The Balaban J connectivity index is 1.97. The number of hydrogen-bond acceptors (Lipinski definition) is 2. The van der Waals surface area contributed by atoms with Gasteiger partial charge in [-0.25, -0.2) is 0 Å². The molecule has 56 valence electrons. The fraction of sp³-hybridized carbons (Fsp3) is 0.750. The van der Waals surface area contributed by atoms with Gasteiger partial charge in [0.25, 0.3) is 0 Å². The second kappa shape index (κ2) is 2.62. The van der Waals surface area contributed by atoms with Gasteiger partial charge in [-0.05, 0) is 37.6 Å². The van der Waals surface area contributed by atoms with E-state index in [-0.39, 0.29) is 0 Å². The van der Waals surface area contributed by atoms with Crippen LogP contribution in [0.1, 0.15) is 19.3 Å². The first-order chi connectivity index (χ1) is 4.97. The first-order valence-corrected chi connectivity index (χ1v) is 4.12. The summed E-state index contributed by atoms with van der Waals surface area (Å²) in [4.78, 5) is 0. The Morgan fingerprint density at radius 3 is 3.00 bits per heavy atom. The highest BCUT2D eigenvalue weighted by Gasteiger charge is 2.19. The van der Waals surface area contributed by atoms with Crippen molar-refractivity contribution in [3.63, 3.8) is 0 Å². The third-order valence-electron chi connectivity index (χ3n) is 2.35. The zero-order valence-corrected chi connectivity index (χ0v) is 6.19. The quantitative estimate of drug-likeness (QED) is 0.555. The van der Waals surface area contributed by atoms with E-state index in [1.54, 1.807) is 5.57 Å². The molecule has 0 radical (unpaired) electrons. The lowest BCUT2D eigenvalue weighted by Crippen LogP contribution is -2.22. The van der Waals surface area contributed by atoms with E-state index in [1.165, 1.54) is 25.8 Å². The minimum atomic E-state index is 0.704. The van der Waals surface area contributed by atoms with Crippen LogP contribution in [-0.4, -0.2) is 19.1 Å². The van der Waals surface area contributed by atoms with E-state index in [1.807, 2.05) is 0 Å². The largest absolute Gasteiger partial charge is 0.391 e. The molecule has 2 nitrogen and oxygen atoms in total. The van der Waals surface area contributed by atoms with E-state index in [0.717, 1.165) is 6.54 Å². The molecule has 0 amide bonds. The Labute approximate surface area is 61.7 Å². The van der Waals surface area contributed by atoms with Gasteiger partial charge in [-0.15, -0.1) is 0 Å². The molecule has 0 aliphatic carbocycles. The van der Waals surface area contributed by atoms with Gasteiger partial charge in [-0.2, -0.15) is 0 Å². The average Bonchev–Trinajstić information content (AvgIpc) is 2.59. The van der Waals surface area contributed by atoms with Gasteiger partial charge in [-0.1, -0.05) is 0 Å². The molecule has 2 rings (SSSR count). The van der Waals surface area contributed by atoms with Gasteiger partial charge in [0.1, 0.15) is 0 Å². The van der Waals surface area contributed by atoms with Gasteiger partial charge >= 0.3 is 0 Å². The lowest BCUT2D eigenvalue weighted by molar-refractivity contribution is 0.672. The second-order valence-corrected chi connectivity index (χ2v) is 3.07. The lowest BCUT2D eigenvalue weighted by atomic mass is 10.1. The van der Waals surface area contributed by atoms with Gasteiger partial charge in [0.05, 0.1) is 0 Å². The molecule has 2 aliphatic rings. The van der Waals surface area contributed by atoms with Crippen molar-refractivity contribution < 1.29 is 0 Å². The molecule has 2 N–H and O–H groups in total. The molecule has 2 aliphatic heterocycles. The van der Waals surface area contributed by atoms with Crippen molar-refractivity contribution in [1.82, 2.24) is 10.6 Å². The summed E-state index contributed by atoms with van der Waals surface area (Å²) in [6.07, 6.45) is 6.12. The Morgan fingerprint density at radius 2 is 2.40 bits per heavy atom. The van der Waals surface area contributed by atoms with Crippen LogP contribution in [0.25, 0.3) is 0 Å². The van der Waals surface area contributed by atoms with Crippen LogP contribution in [0, 0.1) is 0 Å². The molecule has 1 fully saturated rings. The van der Waals surface area contributed by atoms with Crippen LogP contribution < -0.4 is 10.6 Å². The van der Waals surface area contributed by atoms with Gasteiger partial charge in [0.2, 0.25) is 0 Å². The standard InChI is InChI=1S/C8H14N2/c1-2-8(10-4-1)7-3-5-9-6-7/h6,8-10H,1-5H2. The molecular weight excluding hydrogens is 124 g/mol. The Hall–Kier alpha value is -0.500. The van der Waals surface area contributed by atoms with Gasteiger partial charge < -0.3 is 10.6 Å². The summed E-state index contributed by atoms with van der Waals surface area (Å²) < 4.78 is 0. The van der Waals surface area contributed by atoms with Crippen LogP contribution >= 0.6 is 0 Å². The fourth-order valence-electron chi connectivity index (χ4n) is 1.77. The summed E-state index contributed by atoms with van der Waals surface area (Å²) >= 11 is 0. The highest BCUT2D eigenvalue weighted by atomic mass is 15.0. The molecule has 0 spiro atoms. The average molecular weight is 138 g/mol. The van der Waals surface area contributed by atoms with Crippen LogP contribution in [0.2, 0.25) is 0 Å². The smallest absolute Gasteiger partial charge is 0.0297 e. The predicted molar refractivity (Wildman–Crippen MR) is 41.7 cm³/mol. The molecule has 1 atom stereocenters. The molecule has 0 aromatic rings. The predicted octanol–water partition coefficient (Wildman–Crippen LogP) is 0.616. The summed E-state index contributed by atoms with van der Waals surface area (Å²) in [5.74, 6) is 0. The number of hydrogen-bond donors (Lipinski definition) is 2. The van der Waals surface area contributed by atoms with E-state index in [0.29, 0.717) is 6.04 Å². The van der Waals surface area contributed by atoms with Crippen molar-refractivity contribution in [3.05, 3.63) is 11.8 Å². The van der Waals surface area contributed by atoms with Crippen LogP contribution in [0.5, 0.6) is 0 Å². The first kappa shape index (κ1) is 6.23. The Kier molecular flexibility index (Phi) is 1.63. The summed E-state index contributed by atoms with van der Waals surface area (Å²) in [7, 11) is 0. The monoisotopic (exact) mass is 138 g/mol. The lowest BCUT2D eigenvalue weighted by Gasteiger charge is -2.09. The molecule has 10 heavy (non-hydrogen) atoms. The molecule has 0 saturated carbocycles. The van der Waals surface area contributed by atoms with Crippen molar-refractivity contribution in [2.24, 2.45) is 0 Å². The minimum Gasteiger partial charge on any atom is -0.391 e. The molecule has 0 bridgehead atoms. The van der Waals surface area contributed by atoms with Crippen LogP contribution in [0.4, 0.5) is 0 Å². The SMILES string of the molecule is C1=C(C2CCCN2)CCN1. The van der Waals surface area contributed by atoms with E-state index in [2.05, 4.69) is 16.8 Å². The molecule has 0 aromatic heterocycles. The summed E-state index contributed by atoms with van der Waals surface area (Å²) in [5, 5.41) is 6.74. The molecule has 2 heteroatoms. The minimum absolute atomic E-state index is 0.704. The van der Waals surface area contributed by atoms with E-state index < -0.39 is 0 Å². The Bertz CT molecular complexity index is 145. The summed E-state index contributed by atoms with van der Waals surface area (Å²) in [5.41, 5.74) is 1.58. The van der Waals surface area contributed by atoms with Gasteiger partial charge in [0.15, 0.2) is 0 Å². The number of rotatable bonds is 1. The molecule has 1 saturated heterocycles. The van der Waals surface area contributed by atoms with Crippen LogP contribution in [0.3, 0.4) is 0 Å². The first-order valence-electron chi connectivity index (χ1n) is 4.12. The normalized spacial score (nSPS) is 32.0. The van der Waals surface area contributed by atoms with Crippen molar-refractivity contribution in [2.75, 3.05) is 13.1 Å². The molecular formula is C8H14N2. The maximum absolute atomic E-state index is 3.49. The summed E-state index contributed by atoms with van der Waals surface area (Å²) in [6, 6.07) is 0.704. The van der Waals surface area contributed by atoms with E-state index >= 15 is 0 Å². The van der Waals surface area contributed by atoms with Crippen LogP contribution in [-0.2, 0) is 0 Å². The highest BCUT2D eigenvalue weighted by Crippen LogP contribution is 2.18. The number of nitrogens with one attached hydrogen (secondary N) is 2.